The number of fused-ring (bicyclic) bond motifs is 1. The number of hydrogen-bond acceptors (Lipinski definition) is 5. The maximum Gasteiger partial charge on any atom is 0.178 e. The summed E-state index contributed by atoms with van der Waals surface area (Å²) in [6, 6.07) is 3.87. The number of anilines is 1. The van der Waals surface area contributed by atoms with Crippen LogP contribution in [0.2, 0.25) is 0 Å². The average molecular weight is 261 g/mol. The molecule has 1 saturated heterocycles. The Kier molecular flexibility index (Phi) is 3.33. The molecule has 0 radical (unpaired) electrons. The molecule has 0 aromatic carbocycles. The van der Waals surface area contributed by atoms with E-state index in [0.717, 1.165) is 43.3 Å². The van der Waals surface area contributed by atoms with Gasteiger partial charge in [0.05, 0.1) is 6.10 Å². The zero-order valence-electron chi connectivity index (χ0n) is 11.3. The summed E-state index contributed by atoms with van der Waals surface area (Å²) in [5.41, 5.74) is 0.784. The molecule has 1 atom stereocenters. The standard InChI is InChI=1S/C13H19N5O/c1-9(2)13-16-15-12-6-5-11(17-18(12)13)14-8-10-4-3-7-19-10/h5-6,9-10H,3-4,7-8H2,1-2H3,(H,14,17). The Morgan fingerprint density at radius 3 is 3.05 bits per heavy atom. The predicted molar refractivity (Wildman–Crippen MR) is 72.3 cm³/mol. The van der Waals surface area contributed by atoms with Gasteiger partial charge in [0.15, 0.2) is 11.5 Å². The molecular weight excluding hydrogens is 242 g/mol. The molecule has 3 rings (SSSR count). The van der Waals surface area contributed by atoms with Gasteiger partial charge in [-0.2, -0.15) is 4.52 Å². The lowest BCUT2D eigenvalue weighted by Crippen LogP contribution is -2.19. The molecular formula is C13H19N5O. The van der Waals surface area contributed by atoms with E-state index < -0.39 is 0 Å². The number of nitrogens with one attached hydrogen (secondary N) is 1. The van der Waals surface area contributed by atoms with Crippen LogP contribution in [0.4, 0.5) is 5.82 Å². The van der Waals surface area contributed by atoms with E-state index in [1.54, 1.807) is 0 Å². The fourth-order valence-corrected chi connectivity index (χ4v) is 2.28. The number of hydrogen-bond donors (Lipinski definition) is 1. The fraction of sp³-hybridized carbons (Fsp3) is 0.615. The first kappa shape index (κ1) is 12.3. The van der Waals surface area contributed by atoms with Crippen LogP contribution in [0.3, 0.4) is 0 Å². The van der Waals surface area contributed by atoms with E-state index in [1.165, 1.54) is 0 Å². The summed E-state index contributed by atoms with van der Waals surface area (Å²) >= 11 is 0. The highest BCUT2D eigenvalue weighted by Gasteiger charge is 2.15. The predicted octanol–water partition coefficient (Wildman–Crippen LogP) is 1.84. The van der Waals surface area contributed by atoms with Crippen LogP contribution in [0.15, 0.2) is 12.1 Å². The molecule has 0 amide bonds. The smallest absolute Gasteiger partial charge is 0.178 e. The molecule has 102 valence electrons. The highest BCUT2D eigenvalue weighted by Crippen LogP contribution is 2.15. The van der Waals surface area contributed by atoms with E-state index in [9.17, 15) is 0 Å². The fourth-order valence-electron chi connectivity index (χ4n) is 2.28. The third kappa shape index (κ3) is 2.53. The lowest BCUT2D eigenvalue weighted by molar-refractivity contribution is 0.120. The third-order valence-corrected chi connectivity index (χ3v) is 3.34. The van der Waals surface area contributed by atoms with Crippen LogP contribution in [-0.2, 0) is 4.74 Å². The van der Waals surface area contributed by atoms with E-state index in [-0.39, 0.29) is 0 Å². The summed E-state index contributed by atoms with van der Waals surface area (Å²) in [4.78, 5) is 0. The zero-order valence-corrected chi connectivity index (χ0v) is 11.3. The molecule has 1 aliphatic heterocycles. The molecule has 1 aliphatic rings. The van der Waals surface area contributed by atoms with Gasteiger partial charge in [0, 0.05) is 19.1 Å². The van der Waals surface area contributed by atoms with Crippen LogP contribution in [0.25, 0.3) is 5.65 Å². The van der Waals surface area contributed by atoms with E-state index in [1.807, 2.05) is 16.6 Å². The highest BCUT2D eigenvalue weighted by atomic mass is 16.5. The van der Waals surface area contributed by atoms with Gasteiger partial charge in [-0.25, -0.2) is 0 Å². The molecule has 0 saturated carbocycles. The maximum atomic E-state index is 5.59. The minimum Gasteiger partial charge on any atom is -0.376 e. The summed E-state index contributed by atoms with van der Waals surface area (Å²) in [6.07, 6.45) is 2.59. The lowest BCUT2D eigenvalue weighted by Gasteiger charge is -2.11. The number of ether oxygens (including phenoxy) is 1. The van der Waals surface area contributed by atoms with E-state index in [2.05, 4.69) is 34.5 Å². The molecule has 6 nitrogen and oxygen atoms in total. The maximum absolute atomic E-state index is 5.59. The van der Waals surface area contributed by atoms with Gasteiger partial charge in [0.1, 0.15) is 5.82 Å². The van der Waals surface area contributed by atoms with Crippen molar-refractivity contribution in [3.8, 4) is 0 Å². The summed E-state index contributed by atoms with van der Waals surface area (Å²) in [5, 5.41) is 16.2. The molecule has 3 heterocycles. The molecule has 0 spiro atoms. The van der Waals surface area contributed by atoms with Gasteiger partial charge in [0.25, 0.3) is 0 Å². The lowest BCUT2D eigenvalue weighted by atomic mass is 10.2. The van der Waals surface area contributed by atoms with Crippen molar-refractivity contribution >= 4 is 11.5 Å². The zero-order chi connectivity index (χ0) is 13.2. The molecule has 0 aliphatic carbocycles. The summed E-state index contributed by atoms with van der Waals surface area (Å²) < 4.78 is 7.40. The molecule has 0 bridgehead atoms. The summed E-state index contributed by atoms with van der Waals surface area (Å²) in [5.74, 6) is 2.02. The molecule has 1 N–H and O–H groups in total. The van der Waals surface area contributed by atoms with Crippen LogP contribution in [0.5, 0.6) is 0 Å². The Hall–Kier alpha value is -1.69. The van der Waals surface area contributed by atoms with Crippen LogP contribution in [0.1, 0.15) is 38.4 Å². The van der Waals surface area contributed by atoms with Crippen molar-refractivity contribution in [3.63, 3.8) is 0 Å². The van der Waals surface area contributed by atoms with Gasteiger partial charge >= 0.3 is 0 Å². The largest absolute Gasteiger partial charge is 0.376 e. The minimum absolute atomic E-state index is 0.302. The second kappa shape index (κ2) is 5.13. The molecule has 6 heteroatoms. The van der Waals surface area contributed by atoms with Crippen molar-refractivity contribution in [2.75, 3.05) is 18.5 Å². The molecule has 2 aromatic rings. The first-order chi connectivity index (χ1) is 9.24. The molecule has 1 fully saturated rings. The minimum atomic E-state index is 0.302. The number of rotatable bonds is 4. The van der Waals surface area contributed by atoms with E-state index in [0.29, 0.717) is 12.0 Å². The van der Waals surface area contributed by atoms with Crippen molar-refractivity contribution in [3.05, 3.63) is 18.0 Å². The normalized spacial score (nSPS) is 19.4. The molecule has 19 heavy (non-hydrogen) atoms. The second-order valence-corrected chi connectivity index (χ2v) is 5.22. The summed E-state index contributed by atoms with van der Waals surface area (Å²) in [7, 11) is 0. The monoisotopic (exact) mass is 261 g/mol. The van der Waals surface area contributed by atoms with Crippen molar-refractivity contribution in [1.82, 2.24) is 19.8 Å². The van der Waals surface area contributed by atoms with Crippen molar-refractivity contribution in [2.24, 2.45) is 0 Å². The average Bonchev–Trinajstić information content (AvgIpc) is 3.05. The van der Waals surface area contributed by atoms with Gasteiger partial charge < -0.3 is 10.1 Å². The van der Waals surface area contributed by atoms with Gasteiger partial charge in [-0.1, -0.05) is 13.8 Å². The van der Waals surface area contributed by atoms with Crippen LogP contribution >= 0.6 is 0 Å². The second-order valence-electron chi connectivity index (χ2n) is 5.22. The van der Waals surface area contributed by atoms with Crippen molar-refractivity contribution in [2.45, 2.75) is 38.7 Å². The highest BCUT2D eigenvalue weighted by molar-refractivity contribution is 5.44. The third-order valence-electron chi connectivity index (χ3n) is 3.34. The van der Waals surface area contributed by atoms with Crippen LogP contribution in [0, 0.1) is 0 Å². The van der Waals surface area contributed by atoms with Crippen molar-refractivity contribution in [1.29, 1.82) is 0 Å². The van der Waals surface area contributed by atoms with Gasteiger partial charge in [-0.15, -0.1) is 15.3 Å². The van der Waals surface area contributed by atoms with Gasteiger partial charge in [0.2, 0.25) is 0 Å². The quantitative estimate of drug-likeness (QED) is 0.909. The Bertz CT molecular complexity index is 559. The number of nitrogens with zero attached hydrogens (tertiary/aromatic N) is 4. The number of aromatic nitrogens is 4. The van der Waals surface area contributed by atoms with Gasteiger partial charge in [-0.3, -0.25) is 0 Å². The van der Waals surface area contributed by atoms with E-state index in [4.69, 9.17) is 4.74 Å². The van der Waals surface area contributed by atoms with Crippen LogP contribution in [-0.4, -0.2) is 39.1 Å². The first-order valence-corrected chi connectivity index (χ1v) is 6.82. The van der Waals surface area contributed by atoms with Gasteiger partial charge in [-0.05, 0) is 25.0 Å². The van der Waals surface area contributed by atoms with Crippen molar-refractivity contribution < 1.29 is 4.74 Å². The van der Waals surface area contributed by atoms with Crippen LogP contribution < -0.4 is 5.32 Å². The Morgan fingerprint density at radius 2 is 2.32 bits per heavy atom. The Morgan fingerprint density at radius 1 is 1.42 bits per heavy atom. The first-order valence-electron chi connectivity index (χ1n) is 6.82. The Balaban J connectivity index is 1.77. The summed E-state index contributed by atoms with van der Waals surface area (Å²) in [6.45, 7) is 5.86. The molecule has 2 aromatic heterocycles. The molecule has 1 unspecified atom stereocenters. The van der Waals surface area contributed by atoms with E-state index >= 15 is 0 Å². The topological polar surface area (TPSA) is 64.3 Å². The SMILES string of the molecule is CC(C)c1nnc2ccc(NCC3CCCO3)nn12. The Labute approximate surface area is 112 Å².